The van der Waals surface area contributed by atoms with Crippen LogP contribution in [0.15, 0.2) is 36.4 Å². The van der Waals surface area contributed by atoms with Gasteiger partial charge in [-0.2, -0.15) is 0 Å². The lowest BCUT2D eigenvalue weighted by Gasteiger charge is -2.19. The Kier molecular flexibility index (Phi) is 10.1. The molecular weight excluding hydrogens is 413 g/mol. The fraction of sp³-hybridized carbons (Fsp3) is 0.333. The second-order valence-electron chi connectivity index (χ2n) is 6.13. The Labute approximate surface area is 181 Å². The molecule has 1 atom stereocenters. The van der Waals surface area contributed by atoms with Gasteiger partial charge in [-0.05, 0) is 25.5 Å². The fourth-order valence-electron chi connectivity index (χ4n) is 2.75. The van der Waals surface area contributed by atoms with Crippen molar-refractivity contribution in [1.82, 2.24) is 5.32 Å². The summed E-state index contributed by atoms with van der Waals surface area (Å²) in [6, 6.07) is 9.78. The summed E-state index contributed by atoms with van der Waals surface area (Å²) in [5.41, 5.74) is 6.86. The van der Waals surface area contributed by atoms with Crippen molar-refractivity contribution < 1.29 is 23.4 Å². The maximum Gasteiger partial charge on any atom is 0.254 e. The zero-order valence-electron chi connectivity index (χ0n) is 17.2. The lowest BCUT2D eigenvalue weighted by molar-refractivity contribution is -0.131. The van der Waals surface area contributed by atoms with Gasteiger partial charge in [-0.25, -0.2) is 4.39 Å². The van der Waals surface area contributed by atoms with E-state index in [1.165, 1.54) is 19.2 Å². The van der Waals surface area contributed by atoms with Crippen molar-refractivity contribution in [3.05, 3.63) is 58.9 Å². The summed E-state index contributed by atoms with van der Waals surface area (Å²) in [5, 5.41) is 10.1. The monoisotopic (exact) mass is 439 g/mol. The van der Waals surface area contributed by atoms with E-state index in [2.05, 4.69) is 5.32 Å². The van der Waals surface area contributed by atoms with E-state index >= 15 is 0 Å². The molecule has 7 nitrogen and oxygen atoms in total. The van der Waals surface area contributed by atoms with E-state index in [-0.39, 0.29) is 42.7 Å². The topological polar surface area (TPSA) is 107 Å². The van der Waals surface area contributed by atoms with E-state index in [1.54, 1.807) is 38.1 Å². The van der Waals surface area contributed by atoms with Crippen LogP contribution >= 0.6 is 12.4 Å². The zero-order chi connectivity index (χ0) is 21.4. The van der Waals surface area contributed by atoms with E-state index < -0.39 is 17.8 Å². The molecule has 2 rings (SSSR count). The number of ether oxygens (including phenoxy) is 3. The molecule has 0 fully saturated rings. The zero-order valence-corrected chi connectivity index (χ0v) is 18.0. The molecule has 0 unspecified atom stereocenters. The summed E-state index contributed by atoms with van der Waals surface area (Å²) in [7, 11) is 1.33. The first-order valence-electron chi connectivity index (χ1n) is 9.24. The van der Waals surface area contributed by atoms with Crippen molar-refractivity contribution in [3.63, 3.8) is 0 Å². The van der Waals surface area contributed by atoms with Crippen LogP contribution in [-0.2, 0) is 16.1 Å². The first-order valence-corrected chi connectivity index (χ1v) is 9.24. The van der Waals surface area contributed by atoms with E-state index in [9.17, 15) is 9.18 Å². The molecule has 9 heteroatoms. The molecule has 2 aromatic rings. The molecule has 30 heavy (non-hydrogen) atoms. The largest absolute Gasteiger partial charge is 0.494 e. The van der Waals surface area contributed by atoms with Gasteiger partial charge in [0, 0.05) is 30.8 Å². The van der Waals surface area contributed by atoms with Gasteiger partial charge >= 0.3 is 0 Å². The molecule has 0 saturated heterocycles. The number of carbonyl (C=O) groups is 1. The predicted molar refractivity (Wildman–Crippen MR) is 115 cm³/mol. The highest BCUT2D eigenvalue weighted by atomic mass is 35.5. The summed E-state index contributed by atoms with van der Waals surface area (Å²) < 4.78 is 31.0. The first-order chi connectivity index (χ1) is 13.9. The molecule has 0 spiro atoms. The molecule has 0 aliphatic carbocycles. The molecule has 0 aromatic heterocycles. The van der Waals surface area contributed by atoms with Crippen LogP contribution in [0.2, 0.25) is 0 Å². The van der Waals surface area contributed by atoms with E-state index in [0.717, 1.165) is 5.56 Å². The molecule has 0 radical (unpaired) electrons. The third-order valence-corrected chi connectivity index (χ3v) is 4.14. The third-order valence-electron chi connectivity index (χ3n) is 4.14. The Morgan fingerprint density at radius 1 is 1.17 bits per heavy atom. The number of hydrogen-bond acceptors (Lipinski definition) is 5. The number of nitrogen functional groups attached to an aromatic ring is 1. The second kappa shape index (κ2) is 12.0. The van der Waals surface area contributed by atoms with Crippen molar-refractivity contribution in [1.29, 1.82) is 5.41 Å². The molecule has 0 heterocycles. The van der Waals surface area contributed by atoms with Crippen LogP contribution < -0.4 is 20.5 Å². The first kappa shape index (κ1) is 25.2. The molecule has 0 aliphatic heterocycles. The highest BCUT2D eigenvalue weighted by Gasteiger charge is 2.26. The van der Waals surface area contributed by atoms with Crippen molar-refractivity contribution >= 4 is 24.1 Å². The minimum atomic E-state index is -1.17. The van der Waals surface area contributed by atoms with Gasteiger partial charge in [0.25, 0.3) is 5.91 Å². The molecule has 1 amide bonds. The summed E-state index contributed by atoms with van der Waals surface area (Å²) in [6.07, 6.45) is -1.17. The van der Waals surface area contributed by atoms with Gasteiger partial charge in [0.15, 0.2) is 17.7 Å². The van der Waals surface area contributed by atoms with Gasteiger partial charge in [0.05, 0.1) is 13.2 Å². The summed E-state index contributed by atoms with van der Waals surface area (Å²) >= 11 is 0. The molecule has 4 N–H and O–H groups in total. The number of methoxy groups -OCH3 is 1. The molecule has 164 valence electrons. The molecule has 0 saturated carbocycles. The smallest absolute Gasteiger partial charge is 0.254 e. The summed E-state index contributed by atoms with van der Waals surface area (Å²) in [4.78, 5) is 12.7. The van der Waals surface area contributed by atoms with Gasteiger partial charge in [0.1, 0.15) is 11.6 Å². The minimum Gasteiger partial charge on any atom is -0.494 e. The Morgan fingerprint density at radius 2 is 1.80 bits per heavy atom. The Hall–Kier alpha value is -2.84. The number of benzene rings is 2. The standard InChI is InChI=1S/C21H26FN3O4.ClH/c1-4-28-15-10-16(18(22)17(11-15)29-5-2)19(27-3)21(26)25-12-13-6-8-14(9-7-13)20(23)24;/h6-11,19H,4-5,12H2,1-3H3,(H3,23,24)(H,25,26);1H/t19-;/m0./s1. The lowest BCUT2D eigenvalue weighted by atomic mass is 10.1. The number of nitrogens with two attached hydrogens (primary N) is 1. The summed E-state index contributed by atoms with van der Waals surface area (Å²) in [6.45, 7) is 4.41. The van der Waals surface area contributed by atoms with E-state index in [0.29, 0.717) is 17.9 Å². The van der Waals surface area contributed by atoms with Crippen LogP contribution in [0, 0.1) is 11.2 Å². The predicted octanol–water partition coefficient (Wildman–Crippen LogP) is 3.33. The molecule has 0 aliphatic rings. The average Bonchev–Trinajstić information content (AvgIpc) is 2.70. The highest BCUT2D eigenvalue weighted by molar-refractivity contribution is 5.94. The number of halogens is 2. The van der Waals surface area contributed by atoms with Crippen LogP contribution in [0.25, 0.3) is 0 Å². The van der Waals surface area contributed by atoms with Crippen LogP contribution in [0.3, 0.4) is 0 Å². The van der Waals surface area contributed by atoms with Gasteiger partial charge in [0.2, 0.25) is 0 Å². The molecular formula is C21H27ClFN3O4. The van der Waals surface area contributed by atoms with E-state index in [4.69, 9.17) is 25.4 Å². The second-order valence-corrected chi connectivity index (χ2v) is 6.13. The third kappa shape index (κ3) is 6.33. The van der Waals surface area contributed by atoms with Crippen molar-refractivity contribution in [3.8, 4) is 11.5 Å². The van der Waals surface area contributed by atoms with Crippen LogP contribution in [0.4, 0.5) is 4.39 Å². The number of amides is 1. The van der Waals surface area contributed by atoms with Crippen molar-refractivity contribution in [2.75, 3.05) is 20.3 Å². The number of nitrogens with one attached hydrogen (secondary N) is 2. The Bertz CT molecular complexity index is 862. The molecule has 0 bridgehead atoms. The Morgan fingerprint density at radius 3 is 2.33 bits per heavy atom. The van der Waals surface area contributed by atoms with Crippen molar-refractivity contribution in [2.45, 2.75) is 26.5 Å². The number of carbonyl (C=O) groups excluding carboxylic acids is 1. The average molecular weight is 440 g/mol. The quantitative estimate of drug-likeness (QED) is 0.389. The SMILES string of the molecule is CCOc1cc(OCC)c(F)c([C@H](OC)C(=O)NCc2ccc(C(=N)N)cc2)c1.Cl. The van der Waals surface area contributed by atoms with Crippen LogP contribution in [0.5, 0.6) is 11.5 Å². The maximum absolute atomic E-state index is 14.9. The summed E-state index contributed by atoms with van der Waals surface area (Å²) in [5.74, 6) is -0.804. The van der Waals surface area contributed by atoms with Crippen LogP contribution in [-0.4, -0.2) is 32.1 Å². The van der Waals surface area contributed by atoms with Gasteiger partial charge < -0.3 is 25.3 Å². The number of amidine groups is 1. The normalized spacial score (nSPS) is 11.2. The van der Waals surface area contributed by atoms with Gasteiger partial charge in [-0.15, -0.1) is 12.4 Å². The van der Waals surface area contributed by atoms with Crippen LogP contribution in [0.1, 0.15) is 36.6 Å². The number of hydrogen-bond donors (Lipinski definition) is 3. The number of rotatable bonds is 10. The van der Waals surface area contributed by atoms with E-state index in [1.807, 2.05) is 0 Å². The highest BCUT2D eigenvalue weighted by Crippen LogP contribution is 2.32. The molecule has 2 aromatic carbocycles. The lowest BCUT2D eigenvalue weighted by Crippen LogP contribution is -2.30. The van der Waals surface area contributed by atoms with Gasteiger partial charge in [-0.3, -0.25) is 10.2 Å². The minimum absolute atomic E-state index is 0. The van der Waals surface area contributed by atoms with Gasteiger partial charge in [-0.1, -0.05) is 24.3 Å². The fourth-order valence-corrected chi connectivity index (χ4v) is 2.75. The maximum atomic E-state index is 14.9. The Balaban J connectivity index is 0.00000450. The van der Waals surface area contributed by atoms with Crippen molar-refractivity contribution in [2.24, 2.45) is 5.73 Å².